The quantitative estimate of drug-likeness (QED) is 0.706. The van der Waals surface area contributed by atoms with E-state index in [2.05, 4.69) is 0 Å². The Labute approximate surface area is 87.8 Å². The van der Waals surface area contributed by atoms with Crippen LogP contribution in [0.1, 0.15) is 26.3 Å². The van der Waals surface area contributed by atoms with Crippen LogP contribution < -0.4 is 9.47 Å². The number of hydrogen-bond acceptors (Lipinski definition) is 4. The minimum absolute atomic E-state index is 0.257. The van der Waals surface area contributed by atoms with Crippen LogP contribution in [-0.4, -0.2) is 26.8 Å². The van der Waals surface area contributed by atoms with Crippen molar-refractivity contribution in [3.05, 3.63) is 22.8 Å². The SMILES string of the molecule is COc1cc(C)c(C=O)c(OC)c1C=O. The van der Waals surface area contributed by atoms with Crippen molar-refractivity contribution >= 4 is 12.6 Å². The van der Waals surface area contributed by atoms with Gasteiger partial charge in [-0.15, -0.1) is 0 Å². The minimum Gasteiger partial charge on any atom is -0.496 e. The van der Waals surface area contributed by atoms with Gasteiger partial charge in [-0.05, 0) is 18.6 Å². The highest BCUT2D eigenvalue weighted by molar-refractivity contribution is 5.92. The van der Waals surface area contributed by atoms with Gasteiger partial charge in [0.25, 0.3) is 0 Å². The molecule has 0 radical (unpaired) electrons. The van der Waals surface area contributed by atoms with Gasteiger partial charge < -0.3 is 9.47 Å². The Bertz CT molecular complexity index is 396. The van der Waals surface area contributed by atoms with E-state index in [1.54, 1.807) is 13.0 Å². The number of ether oxygens (including phenoxy) is 2. The standard InChI is InChI=1S/C11H12O4/c1-7-4-10(14-2)9(6-13)11(15-3)8(7)5-12/h4-6H,1-3H3. The number of methoxy groups -OCH3 is 2. The minimum atomic E-state index is 0.257. The Morgan fingerprint density at radius 2 is 1.67 bits per heavy atom. The van der Waals surface area contributed by atoms with Gasteiger partial charge in [-0.1, -0.05) is 0 Å². The number of aryl methyl sites for hydroxylation is 1. The molecule has 0 spiro atoms. The number of carbonyl (C=O) groups is 2. The predicted octanol–water partition coefficient (Wildman–Crippen LogP) is 1.64. The Kier molecular flexibility index (Phi) is 3.44. The summed E-state index contributed by atoms with van der Waals surface area (Å²) < 4.78 is 10.1. The molecule has 0 aliphatic rings. The molecule has 0 aliphatic carbocycles. The molecule has 4 heteroatoms. The van der Waals surface area contributed by atoms with Crippen LogP contribution in [0.25, 0.3) is 0 Å². The first-order valence-electron chi connectivity index (χ1n) is 4.35. The highest BCUT2D eigenvalue weighted by atomic mass is 16.5. The lowest BCUT2D eigenvalue weighted by Crippen LogP contribution is -2.01. The van der Waals surface area contributed by atoms with Gasteiger partial charge in [0.2, 0.25) is 0 Å². The average Bonchev–Trinajstić information content (AvgIpc) is 2.27. The normalized spacial score (nSPS) is 9.53. The molecule has 0 amide bonds. The van der Waals surface area contributed by atoms with Crippen LogP contribution in [0, 0.1) is 6.92 Å². The van der Waals surface area contributed by atoms with E-state index < -0.39 is 0 Å². The average molecular weight is 208 g/mol. The van der Waals surface area contributed by atoms with E-state index in [0.29, 0.717) is 29.4 Å². The fourth-order valence-corrected chi connectivity index (χ4v) is 1.44. The van der Waals surface area contributed by atoms with E-state index in [9.17, 15) is 9.59 Å². The molecule has 0 heterocycles. The number of benzene rings is 1. The lowest BCUT2D eigenvalue weighted by atomic mass is 10.0. The molecule has 0 aromatic heterocycles. The van der Waals surface area contributed by atoms with Crippen molar-refractivity contribution in [2.45, 2.75) is 6.92 Å². The molecule has 1 rings (SSSR count). The zero-order chi connectivity index (χ0) is 11.4. The summed E-state index contributed by atoms with van der Waals surface area (Å²) in [5.74, 6) is 0.668. The third kappa shape index (κ3) is 1.83. The predicted molar refractivity (Wildman–Crippen MR) is 55.1 cm³/mol. The summed E-state index contributed by atoms with van der Waals surface area (Å²) in [6.45, 7) is 1.75. The maximum Gasteiger partial charge on any atom is 0.157 e. The Morgan fingerprint density at radius 1 is 1.07 bits per heavy atom. The van der Waals surface area contributed by atoms with Gasteiger partial charge in [-0.25, -0.2) is 0 Å². The van der Waals surface area contributed by atoms with Crippen molar-refractivity contribution in [3.63, 3.8) is 0 Å². The second kappa shape index (κ2) is 4.59. The smallest absolute Gasteiger partial charge is 0.157 e. The van der Waals surface area contributed by atoms with Gasteiger partial charge in [-0.2, -0.15) is 0 Å². The molecule has 0 N–H and O–H groups in total. The fourth-order valence-electron chi connectivity index (χ4n) is 1.44. The van der Waals surface area contributed by atoms with Crippen molar-refractivity contribution in [1.82, 2.24) is 0 Å². The Hall–Kier alpha value is -1.84. The Balaban J connectivity index is 3.58. The van der Waals surface area contributed by atoms with Crippen LogP contribution in [0.5, 0.6) is 11.5 Å². The van der Waals surface area contributed by atoms with Gasteiger partial charge in [0.1, 0.15) is 11.5 Å². The molecule has 0 fully saturated rings. The molecular weight excluding hydrogens is 196 g/mol. The molecule has 0 saturated carbocycles. The largest absolute Gasteiger partial charge is 0.496 e. The third-order valence-electron chi connectivity index (χ3n) is 2.19. The van der Waals surface area contributed by atoms with Gasteiger partial charge in [0.05, 0.1) is 25.3 Å². The molecule has 1 aromatic rings. The fraction of sp³-hybridized carbons (Fsp3) is 0.273. The van der Waals surface area contributed by atoms with Gasteiger partial charge >= 0.3 is 0 Å². The van der Waals surface area contributed by atoms with Crippen LogP contribution in [0.4, 0.5) is 0 Å². The zero-order valence-electron chi connectivity index (χ0n) is 8.87. The monoisotopic (exact) mass is 208 g/mol. The molecule has 0 aliphatic heterocycles. The molecule has 0 saturated heterocycles. The van der Waals surface area contributed by atoms with Crippen LogP contribution in [0.15, 0.2) is 6.07 Å². The molecule has 0 unspecified atom stereocenters. The van der Waals surface area contributed by atoms with E-state index >= 15 is 0 Å². The van der Waals surface area contributed by atoms with Gasteiger partial charge in [-0.3, -0.25) is 9.59 Å². The molecule has 0 atom stereocenters. The number of carbonyl (C=O) groups excluding carboxylic acids is 2. The summed E-state index contributed by atoms with van der Waals surface area (Å²) in [7, 11) is 2.87. The summed E-state index contributed by atoms with van der Waals surface area (Å²) in [5, 5.41) is 0. The maximum absolute atomic E-state index is 10.9. The first-order chi connectivity index (χ1) is 7.19. The Morgan fingerprint density at radius 3 is 2.07 bits per heavy atom. The van der Waals surface area contributed by atoms with E-state index in [-0.39, 0.29) is 11.3 Å². The van der Waals surface area contributed by atoms with Crippen LogP contribution in [0.3, 0.4) is 0 Å². The summed E-state index contributed by atoms with van der Waals surface area (Å²) in [4.78, 5) is 21.7. The lowest BCUT2D eigenvalue weighted by molar-refractivity contribution is 0.111. The number of hydrogen-bond donors (Lipinski definition) is 0. The molecule has 15 heavy (non-hydrogen) atoms. The summed E-state index contributed by atoms with van der Waals surface area (Å²) in [6.07, 6.45) is 1.28. The first kappa shape index (κ1) is 11.2. The van der Waals surface area contributed by atoms with E-state index in [4.69, 9.17) is 9.47 Å². The van der Waals surface area contributed by atoms with Crippen molar-refractivity contribution in [2.24, 2.45) is 0 Å². The number of rotatable bonds is 4. The van der Waals surface area contributed by atoms with Gasteiger partial charge in [0.15, 0.2) is 12.6 Å². The lowest BCUT2D eigenvalue weighted by Gasteiger charge is -2.12. The third-order valence-corrected chi connectivity index (χ3v) is 2.19. The van der Waals surface area contributed by atoms with E-state index in [1.807, 2.05) is 0 Å². The van der Waals surface area contributed by atoms with Crippen molar-refractivity contribution in [3.8, 4) is 11.5 Å². The van der Waals surface area contributed by atoms with Crippen LogP contribution >= 0.6 is 0 Å². The van der Waals surface area contributed by atoms with E-state index in [0.717, 1.165) is 0 Å². The molecule has 80 valence electrons. The number of aldehydes is 2. The van der Waals surface area contributed by atoms with Crippen molar-refractivity contribution in [2.75, 3.05) is 14.2 Å². The zero-order valence-corrected chi connectivity index (χ0v) is 8.87. The summed E-state index contributed by atoms with van der Waals surface area (Å²) >= 11 is 0. The molecule has 0 bridgehead atoms. The molecule has 4 nitrogen and oxygen atoms in total. The first-order valence-corrected chi connectivity index (χ1v) is 4.35. The summed E-state index contributed by atoms with van der Waals surface area (Å²) in [5.41, 5.74) is 1.34. The van der Waals surface area contributed by atoms with Gasteiger partial charge in [0, 0.05) is 0 Å². The second-order valence-electron chi connectivity index (χ2n) is 2.99. The summed E-state index contributed by atoms with van der Waals surface area (Å²) in [6, 6.07) is 1.63. The topological polar surface area (TPSA) is 52.6 Å². The second-order valence-corrected chi connectivity index (χ2v) is 2.99. The van der Waals surface area contributed by atoms with E-state index in [1.165, 1.54) is 14.2 Å². The van der Waals surface area contributed by atoms with Crippen molar-refractivity contribution in [1.29, 1.82) is 0 Å². The molecular formula is C11H12O4. The van der Waals surface area contributed by atoms with Crippen LogP contribution in [-0.2, 0) is 0 Å². The highest BCUT2D eigenvalue weighted by Gasteiger charge is 2.16. The maximum atomic E-state index is 10.9. The highest BCUT2D eigenvalue weighted by Crippen LogP contribution is 2.32. The van der Waals surface area contributed by atoms with Crippen LogP contribution in [0.2, 0.25) is 0 Å². The van der Waals surface area contributed by atoms with Crippen molar-refractivity contribution < 1.29 is 19.1 Å². The molecule has 1 aromatic carbocycles.